The average molecular weight is 249 g/mol. The van der Waals surface area contributed by atoms with Crippen LogP contribution in [0.5, 0.6) is 0 Å². The summed E-state index contributed by atoms with van der Waals surface area (Å²) in [5, 5.41) is 14.6. The molecule has 1 aromatic heterocycles. The standard InChI is InChI=1S/C12H16FN5/c1-3-6-18-12(15-16-17-18)8-14-10-5-4-9(2)11(13)7-10/h4-5,7,14H,3,6,8H2,1-2H3. The number of nitrogens with zero attached hydrogens (tertiary/aromatic N) is 4. The Bertz CT molecular complexity index is 523. The molecule has 0 spiro atoms. The Kier molecular flexibility index (Phi) is 3.86. The fourth-order valence-electron chi connectivity index (χ4n) is 1.62. The highest BCUT2D eigenvalue weighted by Gasteiger charge is 2.05. The van der Waals surface area contributed by atoms with Crippen molar-refractivity contribution in [2.45, 2.75) is 33.4 Å². The van der Waals surface area contributed by atoms with Crippen molar-refractivity contribution in [2.75, 3.05) is 5.32 Å². The zero-order chi connectivity index (χ0) is 13.0. The molecular weight excluding hydrogens is 233 g/mol. The van der Waals surface area contributed by atoms with Gasteiger partial charge in [0.2, 0.25) is 0 Å². The topological polar surface area (TPSA) is 55.6 Å². The Labute approximate surface area is 105 Å². The number of tetrazole rings is 1. The van der Waals surface area contributed by atoms with E-state index in [-0.39, 0.29) is 5.82 Å². The molecule has 0 aliphatic rings. The van der Waals surface area contributed by atoms with Crippen molar-refractivity contribution in [1.29, 1.82) is 0 Å². The smallest absolute Gasteiger partial charge is 0.170 e. The van der Waals surface area contributed by atoms with E-state index >= 15 is 0 Å². The van der Waals surface area contributed by atoms with Crippen LogP contribution in [0.2, 0.25) is 0 Å². The van der Waals surface area contributed by atoms with Gasteiger partial charge >= 0.3 is 0 Å². The molecule has 96 valence electrons. The van der Waals surface area contributed by atoms with Crippen LogP contribution in [0.25, 0.3) is 0 Å². The molecule has 6 heteroatoms. The van der Waals surface area contributed by atoms with Crippen LogP contribution >= 0.6 is 0 Å². The molecule has 2 rings (SSSR count). The lowest BCUT2D eigenvalue weighted by atomic mass is 10.2. The van der Waals surface area contributed by atoms with Crippen LogP contribution in [0, 0.1) is 12.7 Å². The zero-order valence-corrected chi connectivity index (χ0v) is 10.5. The summed E-state index contributed by atoms with van der Waals surface area (Å²) in [5.41, 5.74) is 1.36. The first-order valence-electron chi connectivity index (χ1n) is 5.95. The minimum absolute atomic E-state index is 0.215. The summed E-state index contributed by atoms with van der Waals surface area (Å²) in [5.74, 6) is 0.533. The minimum Gasteiger partial charge on any atom is -0.378 e. The largest absolute Gasteiger partial charge is 0.378 e. The van der Waals surface area contributed by atoms with Gasteiger partial charge in [-0.1, -0.05) is 13.0 Å². The number of nitrogens with one attached hydrogen (secondary N) is 1. The lowest BCUT2D eigenvalue weighted by Gasteiger charge is -2.07. The van der Waals surface area contributed by atoms with Gasteiger partial charge in [-0.25, -0.2) is 9.07 Å². The van der Waals surface area contributed by atoms with Crippen molar-refractivity contribution in [1.82, 2.24) is 20.2 Å². The second-order valence-electron chi connectivity index (χ2n) is 4.14. The molecule has 0 saturated heterocycles. The van der Waals surface area contributed by atoms with E-state index in [1.807, 2.05) is 6.07 Å². The molecule has 0 unspecified atom stereocenters. The van der Waals surface area contributed by atoms with Crippen molar-refractivity contribution in [2.24, 2.45) is 0 Å². The van der Waals surface area contributed by atoms with Crippen molar-refractivity contribution in [3.63, 3.8) is 0 Å². The Morgan fingerprint density at radius 1 is 1.39 bits per heavy atom. The molecule has 1 heterocycles. The van der Waals surface area contributed by atoms with Gasteiger partial charge in [0.1, 0.15) is 5.82 Å². The molecule has 0 bridgehead atoms. The van der Waals surface area contributed by atoms with E-state index in [0.29, 0.717) is 12.1 Å². The third-order valence-electron chi connectivity index (χ3n) is 2.66. The van der Waals surface area contributed by atoms with Crippen molar-refractivity contribution in [3.8, 4) is 0 Å². The molecular formula is C12H16FN5. The first-order valence-corrected chi connectivity index (χ1v) is 5.95. The van der Waals surface area contributed by atoms with Gasteiger partial charge in [-0.2, -0.15) is 0 Å². The number of halogens is 1. The molecule has 0 fully saturated rings. The van der Waals surface area contributed by atoms with E-state index < -0.39 is 0 Å². The van der Waals surface area contributed by atoms with E-state index in [1.165, 1.54) is 6.07 Å². The quantitative estimate of drug-likeness (QED) is 0.882. The molecule has 1 aromatic carbocycles. The van der Waals surface area contributed by atoms with Crippen molar-refractivity contribution >= 4 is 5.69 Å². The lowest BCUT2D eigenvalue weighted by molar-refractivity contribution is 0.558. The normalized spacial score (nSPS) is 10.6. The number of benzene rings is 1. The number of aromatic nitrogens is 4. The Morgan fingerprint density at radius 3 is 2.94 bits per heavy atom. The Morgan fingerprint density at radius 2 is 2.22 bits per heavy atom. The Balaban J connectivity index is 2.02. The molecule has 1 N–H and O–H groups in total. The number of hydrogen-bond donors (Lipinski definition) is 1. The molecule has 0 aliphatic carbocycles. The fourth-order valence-corrected chi connectivity index (χ4v) is 1.62. The van der Waals surface area contributed by atoms with Gasteiger partial charge in [-0.05, 0) is 41.5 Å². The van der Waals surface area contributed by atoms with Gasteiger partial charge in [-0.3, -0.25) is 0 Å². The van der Waals surface area contributed by atoms with Crippen molar-refractivity contribution < 1.29 is 4.39 Å². The second kappa shape index (κ2) is 5.57. The summed E-state index contributed by atoms with van der Waals surface area (Å²) in [6.07, 6.45) is 0.969. The molecule has 0 radical (unpaired) electrons. The summed E-state index contributed by atoms with van der Waals surface area (Å²) < 4.78 is 15.1. The van der Waals surface area contributed by atoms with Gasteiger partial charge in [0, 0.05) is 12.2 Å². The van der Waals surface area contributed by atoms with Gasteiger partial charge in [-0.15, -0.1) is 5.10 Å². The van der Waals surface area contributed by atoms with Crippen LogP contribution in [0.1, 0.15) is 24.7 Å². The average Bonchev–Trinajstić information content (AvgIpc) is 2.79. The SMILES string of the molecule is CCCn1nnnc1CNc1ccc(C)c(F)c1. The molecule has 0 aliphatic heterocycles. The summed E-state index contributed by atoms with van der Waals surface area (Å²) in [7, 11) is 0. The second-order valence-corrected chi connectivity index (χ2v) is 4.14. The minimum atomic E-state index is -0.215. The van der Waals surface area contributed by atoms with Gasteiger partial charge in [0.05, 0.1) is 6.54 Å². The number of hydrogen-bond acceptors (Lipinski definition) is 4. The van der Waals surface area contributed by atoms with Crippen LogP contribution in [0.3, 0.4) is 0 Å². The van der Waals surface area contributed by atoms with Crippen LogP contribution < -0.4 is 5.32 Å². The molecule has 0 saturated carbocycles. The zero-order valence-electron chi connectivity index (χ0n) is 10.5. The van der Waals surface area contributed by atoms with E-state index in [1.54, 1.807) is 17.7 Å². The van der Waals surface area contributed by atoms with E-state index in [0.717, 1.165) is 24.5 Å². The summed E-state index contributed by atoms with van der Waals surface area (Å²) in [6.45, 7) is 5.07. The molecule has 0 amide bonds. The maximum atomic E-state index is 13.4. The van der Waals surface area contributed by atoms with Crippen LogP contribution in [0.15, 0.2) is 18.2 Å². The van der Waals surface area contributed by atoms with Crippen LogP contribution in [0.4, 0.5) is 10.1 Å². The predicted octanol–water partition coefficient (Wildman–Crippen LogP) is 2.14. The monoisotopic (exact) mass is 249 g/mol. The van der Waals surface area contributed by atoms with Crippen LogP contribution in [-0.2, 0) is 13.1 Å². The van der Waals surface area contributed by atoms with E-state index in [9.17, 15) is 4.39 Å². The summed E-state index contributed by atoms with van der Waals surface area (Å²) in [4.78, 5) is 0. The van der Waals surface area contributed by atoms with Crippen molar-refractivity contribution in [3.05, 3.63) is 35.4 Å². The maximum Gasteiger partial charge on any atom is 0.170 e. The molecule has 2 aromatic rings. The van der Waals surface area contributed by atoms with Gasteiger partial charge in [0.25, 0.3) is 0 Å². The first-order chi connectivity index (χ1) is 8.70. The summed E-state index contributed by atoms with van der Waals surface area (Å²) in [6, 6.07) is 5.06. The van der Waals surface area contributed by atoms with E-state index in [2.05, 4.69) is 27.8 Å². The predicted molar refractivity (Wildman–Crippen MR) is 66.6 cm³/mol. The number of rotatable bonds is 5. The fraction of sp³-hybridized carbons (Fsp3) is 0.417. The maximum absolute atomic E-state index is 13.4. The highest BCUT2D eigenvalue weighted by atomic mass is 19.1. The molecule has 18 heavy (non-hydrogen) atoms. The van der Waals surface area contributed by atoms with Gasteiger partial charge in [0.15, 0.2) is 5.82 Å². The highest BCUT2D eigenvalue weighted by Crippen LogP contribution is 2.14. The first kappa shape index (κ1) is 12.5. The lowest BCUT2D eigenvalue weighted by Crippen LogP contribution is -2.10. The van der Waals surface area contributed by atoms with E-state index in [4.69, 9.17) is 0 Å². The third-order valence-corrected chi connectivity index (χ3v) is 2.66. The number of aryl methyl sites for hydroxylation is 2. The molecule has 5 nitrogen and oxygen atoms in total. The van der Waals surface area contributed by atoms with Crippen LogP contribution in [-0.4, -0.2) is 20.2 Å². The van der Waals surface area contributed by atoms with Gasteiger partial charge < -0.3 is 5.32 Å². The number of anilines is 1. The summed E-state index contributed by atoms with van der Waals surface area (Å²) >= 11 is 0. The highest BCUT2D eigenvalue weighted by molar-refractivity contribution is 5.45. The molecule has 0 atom stereocenters. The Hall–Kier alpha value is -1.98. The third kappa shape index (κ3) is 2.82.